The molecule has 2 heterocycles. The van der Waals surface area contributed by atoms with Gasteiger partial charge in [0, 0.05) is 23.9 Å². The van der Waals surface area contributed by atoms with E-state index in [-0.39, 0.29) is 5.75 Å². The Balaban J connectivity index is 1.73. The lowest BCUT2D eigenvalue weighted by Crippen LogP contribution is -2.03. The molecule has 0 unspecified atom stereocenters. The van der Waals surface area contributed by atoms with Gasteiger partial charge in [-0.1, -0.05) is 0 Å². The molecule has 4 rings (SSSR count). The zero-order chi connectivity index (χ0) is 17.6. The van der Waals surface area contributed by atoms with Crippen molar-refractivity contribution in [2.75, 3.05) is 0 Å². The van der Waals surface area contributed by atoms with Gasteiger partial charge in [-0.2, -0.15) is 5.10 Å². The molecule has 2 aromatic carbocycles. The van der Waals surface area contributed by atoms with Crippen molar-refractivity contribution >= 4 is 21.7 Å². The number of benzene rings is 2. The lowest BCUT2D eigenvalue weighted by Gasteiger charge is -2.08. The van der Waals surface area contributed by atoms with Crippen LogP contribution < -0.4 is 10.4 Å². The fourth-order valence-electron chi connectivity index (χ4n) is 2.95. The number of phenolic OH excluding ortho intramolecular Hbond substituents is 1. The van der Waals surface area contributed by atoms with E-state index in [9.17, 15) is 9.90 Å². The summed E-state index contributed by atoms with van der Waals surface area (Å²) in [4.78, 5) is 12.2. The second-order valence-electron chi connectivity index (χ2n) is 5.97. The van der Waals surface area contributed by atoms with Gasteiger partial charge in [-0.05, 0) is 43.3 Å². The molecule has 25 heavy (non-hydrogen) atoms. The van der Waals surface area contributed by atoms with Crippen LogP contribution in [0.15, 0.2) is 51.7 Å². The van der Waals surface area contributed by atoms with Gasteiger partial charge in [0.25, 0.3) is 0 Å². The molecule has 0 fully saturated rings. The second-order valence-corrected chi connectivity index (χ2v) is 5.97. The zero-order valence-corrected chi connectivity index (χ0v) is 13.8. The highest BCUT2D eigenvalue weighted by molar-refractivity contribution is 6.04. The van der Waals surface area contributed by atoms with Crippen LogP contribution in [0, 0.1) is 6.92 Å². The Morgan fingerprint density at radius 3 is 2.68 bits per heavy atom. The average Bonchev–Trinajstić information content (AvgIpc) is 2.90. The lowest BCUT2D eigenvalue weighted by molar-refractivity contribution is 0.295. The number of aryl methyl sites for hydroxylation is 2. The number of hydrogen-bond donors (Lipinski definition) is 1. The predicted molar refractivity (Wildman–Crippen MR) is 93.9 cm³/mol. The summed E-state index contributed by atoms with van der Waals surface area (Å²) >= 11 is 0. The SMILES string of the molecule is Cc1cc(COc2ccc3c(c2)oc(=O)c2cc(O)ccc23)n(C)n1. The van der Waals surface area contributed by atoms with E-state index >= 15 is 0 Å². The van der Waals surface area contributed by atoms with E-state index < -0.39 is 5.63 Å². The zero-order valence-electron chi connectivity index (χ0n) is 13.8. The Bertz CT molecular complexity index is 1160. The third kappa shape index (κ3) is 2.71. The topological polar surface area (TPSA) is 77.5 Å². The maximum absolute atomic E-state index is 12.2. The number of fused-ring (bicyclic) bond motifs is 3. The molecule has 0 atom stereocenters. The van der Waals surface area contributed by atoms with E-state index in [0.29, 0.717) is 23.3 Å². The minimum Gasteiger partial charge on any atom is -0.508 e. The monoisotopic (exact) mass is 336 g/mol. The number of ether oxygens (including phenoxy) is 1. The number of rotatable bonds is 3. The Labute approximate surface area is 142 Å². The van der Waals surface area contributed by atoms with Gasteiger partial charge in [0.15, 0.2) is 0 Å². The van der Waals surface area contributed by atoms with Crippen molar-refractivity contribution in [3.63, 3.8) is 0 Å². The highest BCUT2D eigenvalue weighted by atomic mass is 16.5. The van der Waals surface area contributed by atoms with Gasteiger partial charge in [-0.15, -0.1) is 0 Å². The third-order valence-electron chi connectivity index (χ3n) is 4.15. The minimum absolute atomic E-state index is 0.0329. The van der Waals surface area contributed by atoms with Crippen molar-refractivity contribution < 1.29 is 14.3 Å². The fourth-order valence-corrected chi connectivity index (χ4v) is 2.95. The van der Waals surface area contributed by atoms with Gasteiger partial charge in [0.1, 0.15) is 23.7 Å². The van der Waals surface area contributed by atoms with Crippen LogP contribution in [0.4, 0.5) is 0 Å². The number of aromatic hydroxyl groups is 1. The first kappa shape index (κ1) is 15.3. The van der Waals surface area contributed by atoms with Crippen LogP contribution in [-0.2, 0) is 13.7 Å². The third-order valence-corrected chi connectivity index (χ3v) is 4.15. The molecule has 6 nitrogen and oxygen atoms in total. The van der Waals surface area contributed by atoms with Crippen LogP contribution in [0.3, 0.4) is 0 Å². The quantitative estimate of drug-likeness (QED) is 0.459. The van der Waals surface area contributed by atoms with Gasteiger partial charge in [0.2, 0.25) is 0 Å². The van der Waals surface area contributed by atoms with Crippen molar-refractivity contribution in [2.24, 2.45) is 7.05 Å². The average molecular weight is 336 g/mol. The van der Waals surface area contributed by atoms with Crippen LogP contribution in [0.25, 0.3) is 21.7 Å². The summed E-state index contributed by atoms with van der Waals surface area (Å²) in [7, 11) is 1.87. The normalized spacial score (nSPS) is 11.3. The number of hydrogen-bond acceptors (Lipinski definition) is 5. The second kappa shape index (κ2) is 5.66. The molecule has 126 valence electrons. The molecule has 1 N–H and O–H groups in total. The molecule has 0 bridgehead atoms. The van der Waals surface area contributed by atoms with Gasteiger partial charge in [-0.3, -0.25) is 4.68 Å². The number of phenols is 1. The molecule has 2 aromatic heterocycles. The lowest BCUT2D eigenvalue weighted by atomic mass is 10.1. The van der Waals surface area contributed by atoms with Gasteiger partial charge in [-0.25, -0.2) is 4.79 Å². The highest BCUT2D eigenvalue weighted by Gasteiger charge is 2.10. The predicted octanol–water partition coefficient (Wildman–Crippen LogP) is 3.27. The fraction of sp³-hybridized carbons (Fsp3) is 0.158. The molecular formula is C19H16N2O4. The van der Waals surface area contributed by atoms with Crippen molar-refractivity contribution in [3.8, 4) is 11.5 Å². The van der Waals surface area contributed by atoms with Crippen LogP contribution in [-0.4, -0.2) is 14.9 Å². The van der Waals surface area contributed by atoms with Gasteiger partial charge in [0.05, 0.1) is 16.8 Å². The number of aromatic nitrogens is 2. The van der Waals surface area contributed by atoms with Crippen molar-refractivity contribution in [1.29, 1.82) is 0 Å². The molecule has 0 aliphatic heterocycles. The Morgan fingerprint density at radius 1 is 1.12 bits per heavy atom. The first-order chi connectivity index (χ1) is 12.0. The molecule has 0 saturated heterocycles. The van der Waals surface area contributed by atoms with E-state index in [1.54, 1.807) is 22.9 Å². The van der Waals surface area contributed by atoms with Crippen LogP contribution in [0.2, 0.25) is 0 Å². The first-order valence-electron chi connectivity index (χ1n) is 7.83. The summed E-state index contributed by atoms with van der Waals surface area (Å²) in [5, 5.41) is 15.7. The minimum atomic E-state index is -0.488. The summed E-state index contributed by atoms with van der Waals surface area (Å²) in [5.41, 5.74) is 1.84. The molecule has 0 amide bonds. The maximum atomic E-state index is 12.2. The molecule has 0 aliphatic rings. The van der Waals surface area contributed by atoms with E-state index in [2.05, 4.69) is 5.10 Å². The molecule has 0 saturated carbocycles. The van der Waals surface area contributed by atoms with Crippen molar-refractivity contribution in [1.82, 2.24) is 9.78 Å². The van der Waals surface area contributed by atoms with Crippen LogP contribution >= 0.6 is 0 Å². The standard InChI is InChI=1S/C19H16N2O4/c1-11-7-12(21(2)20-11)10-24-14-4-6-16-15-5-3-13(22)8-17(15)19(23)25-18(16)9-14/h3-9,22H,10H2,1-2H3. The van der Waals surface area contributed by atoms with Crippen molar-refractivity contribution in [2.45, 2.75) is 13.5 Å². The van der Waals surface area contributed by atoms with E-state index in [1.165, 1.54) is 6.07 Å². The summed E-state index contributed by atoms with van der Waals surface area (Å²) in [6.45, 7) is 2.30. The molecular weight excluding hydrogens is 320 g/mol. The van der Waals surface area contributed by atoms with Crippen LogP contribution in [0.1, 0.15) is 11.4 Å². The largest absolute Gasteiger partial charge is 0.508 e. The number of nitrogens with zero attached hydrogens (tertiary/aromatic N) is 2. The Morgan fingerprint density at radius 2 is 1.92 bits per heavy atom. The summed E-state index contributed by atoms with van der Waals surface area (Å²) in [5.74, 6) is 0.637. The molecule has 0 spiro atoms. The summed E-state index contributed by atoms with van der Waals surface area (Å²) in [6, 6.07) is 12.0. The van der Waals surface area contributed by atoms with E-state index in [1.807, 2.05) is 32.2 Å². The summed E-state index contributed by atoms with van der Waals surface area (Å²) in [6.07, 6.45) is 0. The summed E-state index contributed by atoms with van der Waals surface area (Å²) < 4.78 is 13.0. The Kier molecular flexibility index (Phi) is 3.46. The van der Waals surface area contributed by atoms with Gasteiger partial charge >= 0.3 is 5.63 Å². The molecule has 4 aromatic rings. The Hall–Kier alpha value is -3.28. The smallest absolute Gasteiger partial charge is 0.344 e. The maximum Gasteiger partial charge on any atom is 0.344 e. The highest BCUT2D eigenvalue weighted by Crippen LogP contribution is 2.28. The van der Waals surface area contributed by atoms with Crippen molar-refractivity contribution in [3.05, 3.63) is 64.3 Å². The van der Waals surface area contributed by atoms with Crippen LogP contribution in [0.5, 0.6) is 11.5 Å². The van der Waals surface area contributed by atoms with E-state index in [4.69, 9.17) is 9.15 Å². The van der Waals surface area contributed by atoms with Gasteiger partial charge < -0.3 is 14.3 Å². The van der Waals surface area contributed by atoms with E-state index in [0.717, 1.165) is 22.2 Å². The molecule has 6 heteroatoms. The first-order valence-corrected chi connectivity index (χ1v) is 7.83. The molecule has 0 radical (unpaired) electrons. The molecule has 0 aliphatic carbocycles.